The Balaban J connectivity index is 1.70. The molecule has 0 atom stereocenters. The van der Waals surface area contributed by atoms with E-state index in [0.29, 0.717) is 5.00 Å². The molecule has 1 aromatic heterocycles. The molecule has 2 aromatic carbocycles. The molecular formula is C24H21NO7S. The Hall–Kier alpha value is -3.98. The lowest BCUT2D eigenvalue weighted by Crippen LogP contribution is -2.21. The Morgan fingerprint density at radius 3 is 2.21 bits per heavy atom. The van der Waals surface area contributed by atoms with Crippen molar-refractivity contribution in [2.75, 3.05) is 25.6 Å². The number of nitrogens with one attached hydrogen (secondary N) is 1. The summed E-state index contributed by atoms with van der Waals surface area (Å²) in [6.45, 7) is 1.29. The summed E-state index contributed by atoms with van der Waals surface area (Å²) in [6.07, 6.45) is 0. The second-order valence-electron chi connectivity index (χ2n) is 6.64. The SMILES string of the molecule is CCOC(=O)c1cc(-c2ccccc2)sc1NC(=O)COC(=O)c1cccc(C(=O)OC)c1. The van der Waals surface area contributed by atoms with E-state index in [4.69, 9.17) is 9.47 Å². The summed E-state index contributed by atoms with van der Waals surface area (Å²) >= 11 is 1.21. The molecule has 0 saturated carbocycles. The van der Waals surface area contributed by atoms with Crippen molar-refractivity contribution < 1.29 is 33.4 Å². The highest BCUT2D eigenvalue weighted by Gasteiger charge is 2.21. The monoisotopic (exact) mass is 467 g/mol. The van der Waals surface area contributed by atoms with Gasteiger partial charge in [0.15, 0.2) is 6.61 Å². The zero-order valence-corrected chi connectivity index (χ0v) is 18.8. The van der Waals surface area contributed by atoms with Crippen molar-refractivity contribution in [3.63, 3.8) is 0 Å². The third-order valence-electron chi connectivity index (χ3n) is 4.39. The lowest BCUT2D eigenvalue weighted by molar-refractivity contribution is -0.119. The van der Waals surface area contributed by atoms with Crippen LogP contribution in [0.4, 0.5) is 5.00 Å². The number of carbonyl (C=O) groups excluding carboxylic acids is 4. The van der Waals surface area contributed by atoms with Crippen LogP contribution in [0, 0.1) is 0 Å². The molecule has 9 heteroatoms. The first kappa shape index (κ1) is 23.7. The third-order valence-corrected chi connectivity index (χ3v) is 5.49. The minimum atomic E-state index is -0.780. The van der Waals surface area contributed by atoms with Crippen LogP contribution in [0.15, 0.2) is 60.7 Å². The molecule has 0 fully saturated rings. The van der Waals surface area contributed by atoms with Crippen molar-refractivity contribution in [2.24, 2.45) is 0 Å². The van der Waals surface area contributed by atoms with Gasteiger partial charge < -0.3 is 19.5 Å². The van der Waals surface area contributed by atoms with Gasteiger partial charge >= 0.3 is 17.9 Å². The second kappa shape index (κ2) is 11.1. The number of rotatable bonds is 8. The van der Waals surface area contributed by atoms with Gasteiger partial charge in [-0.2, -0.15) is 0 Å². The van der Waals surface area contributed by atoms with Crippen LogP contribution in [0.3, 0.4) is 0 Å². The van der Waals surface area contributed by atoms with Gasteiger partial charge in [-0.1, -0.05) is 36.4 Å². The summed E-state index contributed by atoms with van der Waals surface area (Å²) in [7, 11) is 1.23. The molecule has 0 aliphatic carbocycles. The first-order valence-corrected chi connectivity index (χ1v) is 10.8. The van der Waals surface area contributed by atoms with Crippen molar-refractivity contribution in [3.05, 3.63) is 77.4 Å². The lowest BCUT2D eigenvalue weighted by Gasteiger charge is -2.08. The van der Waals surface area contributed by atoms with Gasteiger partial charge in [0.1, 0.15) is 5.00 Å². The standard InChI is InChI=1S/C24H21NO7S/c1-3-31-24(29)18-13-19(15-8-5-4-6-9-15)33-21(18)25-20(26)14-32-23(28)17-11-7-10-16(12-17)22(27)30-2/h4-13H,3,14H2,1-2H3,(H,25,26). The fraction of sp³-hybridized carbons (Fsp3) is 0.167. The Kier molecular flexibility index (Phi) is 7.93. The van der Waals surface area contributed by atoms with Crippen LogP contribution in [0.5, 0.6) is 0 Å². The molecule has 1 N–H and O–H groups in total. The molecule has 33 heavy (non-hydrogen) atoms. The molecule has 170 valence electrons. The van der Waals surface area contributed by atoms with Gasteiger partial charge in [-0.15, -0.1) is 11.3 Å². The highest BCUT2D eigenvalue weighted by atomic mass is 32.1. The van der Waals surface area contributed by atoms with Crippen LogP contribution >= 0.6 is 11.3 Å². The van der Waals surface area contributed by atoms with E-state index in [1.165, 1.54) is 42.7 Å². The topological polar surface area (TPSA) is 108 Å². The van der Waals surface area contributed by atoms with Crippen LogP contribution in [0.25, 0.3) is 10.4 Å². The normalized spacial score (nSPS) is 10.2. The fourth-order valence-corrected chi connectivity index (χ4v) is 3.92. The van der Waals surface area contributed by atoms with Gasteiger partial charge in [-0.05, 0) is 36.8 Å². The molecule has 0 spiro atoms. The predicted octanol–water partition coefficient (Wildman–Crippen LogP) is 4.17. The van der Waals surface area contributed by atoms with Crippen LogP contribution in [0.1, 0.15) is 38.0 Å². The van der Waals surface area contributed by atoms with Crippen molar-refractivity contribution in [3.8, 4) is 10.4 Å². The number of thiophene rings is 1. The summed E-state index contributed by atoms with van der Waals surface area (Å²) in [5, 5.41) is 2.91. The van der Waals surface area contributed by atoms with Crippen molar-refractivity contribution in [1.82, 2.24) is 0 Å². The summed E-state index contributed by atoms with van der Waals surface area (Å²) in [4.78, 5) is 49.5. The van der Waals surface area contributed by atoms with Crippen LogP contribution < -0.4 is 5.32 Å². The van der Waals surface area contributed by atoms with Gasteiger partial charge in [-0.25, -0.2) is 14.4 Å². The van der Waals surface area contributed by atoms with Crippen LogP contribution in [0.2, 0.25) is 0 Å². The van der Waals surface area contributed by atoms with E-state index < -0.39 is 30.4 Å². The Labute approximate surface area is 194 Å². The molecule has 0 aliphatic rings. The zero-order chi connectivity index (χ0) is 23.8. The van der Waals surface area contributed by atoms with E-state index in [2.05, 4.69) is 10.1 Å². The maximum absolute atomic E-state index is 12.4. The van der Waals surface area contributed by atoms with Gasteiger partial charge in [0, 0.05) is 4.88 Å². The predicted molar refractivity (Wildman–Crippen MR) is 122 cm³/mol. The van der Waals surface area contributed by atoms with Gasteiger partial charge in [0.05, 0.1) is 30.4 Å². The maximum atomic E-state index is 12.4. The molecule has 3 rings (SSSR count). The van der Waals surface area contributed by atoms with Crippen LogP contribution in [-0.4, -0.2) is 44.1 Å². The minimum Gasteiger partial charge on any atom is -0.465 e. The molecule has 1 heterocycles. The van der Waals surface area contributed by atoms with Crippen molar-refractivity contribution in [2.45, 2.75) is 6.92 Å². The fourth-order valence-electron chi connectivity index (χ4n) is 2.86. The quantitative estimate of drug-likeness (QED) is 0.391. The lowest BCUT2D eigenvalue weighted by atomic mass is 10.1. The van der Waals surface area contributed by atoms with E-state index in [1.54, 1.807) is 13.0 Å². The molecule has 0 bridgehead atoms. The highest BCUT2D eigenvalue weighted by Crippen LogP contribution is 2.35. The summed E-state index contributed by atoms with van der Waals surface area (Å²) in [6, 6.07) is 16.8. The van der Waals surface area contributed by atoms with E-state index in [9.17, 15) is 19.2 Å². The molecule has 0 saturated heterocycles. The number of methoxy groups -OCH3 is 1. The van der Waals surface area contributed by atoms with Gasteiger partial charge in [0.2, 0.25) is 0 Å². The second-order valence-corrected chi connectivity index (χ2v) is 7.69. The average molecular weight is 467 g/mol. The molecular weight excluding hydrogens is 446 g/mol. The molecule has 0 radical (unpaired) electrons. The largest absolute Gasteiger partial charge is 0.465 e. The minimum absolute atomic E-state index is 0.0976. The first-order chi connectivity index (χ1) is 15.9. The van der Waals surface area contributed by atoms with Crippen molar-refractivity contribution >= 4 is 40.2 Å². The van der Waals surface area contributed by atoms with Crippen LogP contribution in [-0.2, 0) is 19.0 Å². The number of hydrogen-bond acceptors (Lipinski definition) is 8. The smallest absolute Gasteiger partial charge is 0.341 e. The number of ether oxygens (including phenoxy) is 3. The van der Waals surface area contributed by atoms with Gasteiger partial charge in [0.25, 0.3) is 5.91 Å². The number of carbonyl (C=O) groups is 4. The molecule has 8 nitrogen and oxygen atoms in total. The number of benzene rings is 2. The Bertz CT molecular complexity index is 1170. The zero-order valence-electron chi connectivity index (χ0n) is 18.0. The molecule has 1 amide bonds. The summed E-state index contributed by atoms with van der Waals surface area (Å²) < 4.78 is 14.8. The number of hydrogen-bond donors (Lipinski definition) is 1. The first-order valence-electron chi connectivity index (χ1n) is 9.94. The Morgan fingerprint density at radius 1 is 0.848 bits per heavy atom. The van der Waals surface area contributed by atoms with E-state index in [-0.39, 0.29) is 23.3 Å². The number of amides is 1. The molecule has 0 aliphatic heterocycles. The molecule has 3 aromatic rings. The van der Waals surface area contributed by atoms with Crippen molar-refractivity contribution in [1.29, 1.82) is 0 Å². The summed E-state index contributed by atoms with van der Waals surface area (Å²) in [5.41, 5.74) is 1.37. The highest BCUT2D eigenvalue weighted by molar-refractivity contribution is 7.20. The number of esters is 3. The average Bonchev–Trinajstić information content (AvgIpc) is 3.26. The van der Waals surface area contributed by atoms with E-state index >= 15 is 0 Å². The maximum Gasteiger partial charge on any atom is 0.341 e. The Morgan fingerprint density at radius 2 is 1.55 bits per heavy atom. The molecule has 0 unspecified atom stereocenters. The van der Waals surface area contributed by atoms with Gasteiger partial charge in [-0.3, -0.25) is 4.79 Å². The van der Waals surface area contributed by atoms with E-state index in [0.717, 1.165) is 10.4 Å². The third kappa shape index (κ3) is 6.05. The summed E-state index contributed by atoms with van der Waals surface area (Å²) in [5.74, 6) is -2.57. The number of anilines is 1. The van der Waals surface area contributed by atoms with E-state index in [1.807, 2.05) is 30.3 Å².